The van der Waals surface area contributed by atoms with E-state index in [1.54, 1.807) is 0 Å². The van der Waals surface area contributed by atoms with Crippen molar-refractivity contribution < 1.29 is 9.90 Å². The Kier molecular flexibility index (Phi) is 3.79. The van der Waals surface area contributed by atoms with Gasteiger partial charge in [0.25, 0.3) is 0 Å². The quantitative estimate of drug-likeness (QED) is 0.819. The van der Waals surface area contributed by atoms with Crippen molar-refractivity contribution in [3.63, 3.8) is 0 Å². The van der Waals surface area contributed by atoms with Crippen LogP contribution in [0.25, 0.3) is 0 Å². The predicted octanol–water partition coefficient (Wildman–Crippen LogP) is 1.15. The molecular formula is C14H19NO2. The van der Waals surface area contributed by atoms with Gasteiger partial charge in [-0.1, -0.05) is 31.2 Å². The predicted molar refractivity (Wildman–Crippen MR) is 66.6 cm³/mol. The molecule has 2 rings (SSSR count). The first-order chi connectivity index (χ1) is 8.20. The van der Waals surface area contributed by atoms with Crippen LogP contribution in [0.5, 0.6) is 0 Å². The maximum absolute atomic E-state index is 11.9. The molecule has 17 heavy (non-hydrogen) atoms. The Morgan fingerprint density at radius 3 is 2.53 bits per heavy atom. The Morgan fingerprint density at radius 2 is 2.00 bits per heavy atom. The van der Waals surface area contributed by atoms with Crippen LogP contribution >= 0.6 is 0 Å². The van der Waals surface area contributed by atoms with Crippen molar-refractivity contribution in [2.45, 2.75) is 19.8 Å². The fourth-order valence-electron chi connectivity index (χ4n) is 2.23. The molecule has 0 bridgehead atoms. The van der Waals surface area contributed by atoms with E-state index in [-0.39, 0.29) is 24.3 Å². The van der Waals surface area contributed by atoms with Crippen LogP contribution in [0.2, 0.25) is 0 Å². The van der Waals surface area contributed by atoms with E-state index in [1.165, 1.54) is 11.1 Å². The summed E-state index contributed by atoms with van der Waals surface area (Å²) >= 11 is 0. The van der Waals surface area contributed by atoms with Crippen molar-refractivity contribution in [3.05, 3.63) is 35.4 Å². The molecule has 0 saturated carbocycles. The van der Waals surface area contributed by atoms with Gasteiger partial charge in [0.2, 0.25) is 5.91 Å². The van der Waals surface area contributed by atoms with Crippen molar-refractivity contribution in [2.24, 2.45) is 11.8 Å². The Balaban J connectivity index is 1.88. The summed E-state index contributed by atoms with van der Waals surface area (Å²) in [7, 11) is 0. The Bertz CT molecular complexity index is 378. The van der Waals surface area contributed by atoms with Crippen LogP contribution in [0, 0.1) is 11.8 Å². The van der Waals surface area contributed by atoms with Crippen LogP contribution in [0.1, 0.15) is 18.1 Å². The van der Waals surface area contributed by atoms with Crippen LogP contribution in [0.4, 0.5) is 0 Å². The monoisotopic (exact) mass is 233 g/mol. The van der Waals surface area contributed by atoms with Crippen molar-refractivity contribution in [1.29, 1.82) is 0 Å². The van der Waals surface area contributed by atoms with Crippen LogP contribution in [0.3, 0.4) is 0 Å². The third-order valence-electron chi connectivity index (χ3n) is 3.36. The van der Waals surface area contributed by atoms with E-state index in [0.717, 1.165) is 12.8 Å². The fourth-order valence-corrected chi connectivity index (χ4v) is 2.23. The molecule has 0 aliphatic heterocycles. The lowest BCUT2D eigenvalue weighted by atomic mass is 10.1. The lowest BCUT2D eigenvalue weighted by Crippen LogP contribution is -2.35. The third-order valence-corrected chi connectivity index (χ3v) is 3.36. The number of amides is 1. The number of hydrogen-bond donors (Lipinski definition) is 2. The van der Waals surface area contributed by atoms with E-state index in [4.69, 9.17) is 5.11 Å². The molecule has 0 fully saturated rings. The number of rotatable bonds is 4. The van der Waals surface area contributed by atoms with Gasteiger partial charge in [-0.3, -0.25) is 4.79 Å². The average Bonchev–Trinajstić information content (AvgIpc) is 2.79. The van der Waals surface area contributed by atoms with Crippen molar-refractivity contribution in [3.8, 4) is 0 Å². The summed E-state index contributed by atoms with van der Waals surface area (Å²) < 4.78 is 0. The summed E-state index contributed by atoms with van der Waals surface area (Å²) in [5.41, 5.74) is 2.59. The standard InChI is InChI=1S/C14H19NO2/c1-10(9-16)8-15-14(17)13-6-11-4-2-3-5-12(11)7-13/h2-5,10,13,16H,6-9H2,1H3,(H,15,17). The fraction of sp³-hybridized carbons (Fsp3) is 0.500. The number of carbonyl (C=O) groups is 1. The Morgan fingerprint density at radius 1 is 1.41 bits per heavy atom. The zero-order valence-corrected chi connectivity index (χ0v) is 10.1. The van der Waals surface area contributed by atoms with Gasteiger partial charge in [0.1, 0.15) is 0 Å². The van der Waals surface area contributed by atoms with Gasteiger partial charge in [0.05, 0.1) is 0 Å². The highest BCUT2D eigenvalue weighted by molar-refractivity contribution is 5.80. The molecule has 92 valence electrons. The Labute approximate surface area is 102 Å². The molecule has 0 spiro atoms. The lowest BCUT2D eigenvalue weighted by Gasteiger charge is -2.13. The molecule has 0 aromatic heterocycles. The number of aliphatic hydroxyl groups excluding tert-OH is 1. The normalized spacial score (nSPS) is 16.6. The highest BCUT2D eigenvalue weighted by Gasteiger charge is 2.26. The topological polar surface area (TPSA) is 49.3 Å². The summed E-state index contributed by atoms with van der Waals surface area (Å²) in [6, 6.07) is 8.23. The first-order valence-electron chi connectivity index (χ1n) is 6.16. The maximum Gasteiger partial charge on any atom is 0.223 e. The summed E-state index contributed by atoms with van der Waals surface area (Å²) in [6.07, 6.45) is 1.69. The summed E-state index contributed by atoms with van der Waals surface area (Å²) in [5, 5.41) is 11.8. The molecule has 1 unspecified atom stereocenters. The van der Waals surface area contributed by atoms with E-state index < -0.39 is 0 Å². The van der Waals surface area contributed by atoms with E-state index in [9.17, 15) is 4.79 Å². The second kappa shape index (κ2) is 5.32. The minimum Gasteiger partial charge on any atom is -0.396 e. The van der Waals surface area contributed by atoms with Crippen LogP contribution in [-0.2, 0) is 17.6 Å². The minimum absolute atomic E-state index is 0.0679. The molecule has 0 saturated heterocycles. The van der Waals surface area contributed by atoms with Crippen molar-refractivity contribution in [2.75, 3.05) is 13.2 Å². The highest BCUT2D eigenvalue weighted by atomic mass is 16.3. The van der Waals surface area contributed by atoms with E-state index in [0.29, 0.717) is 6.54 Å². The van der Waals surface area contributed by atoms with E-state index >= 15 is 0 Å². The number of nitrogens with one attached hydrogen (secondary N) is 1. The molecule has 1 aromatic carbocycles. The summed E-state index contributed by atoms with van der Waals surface area (Å²) in [4.78, 5) is 11.9. The number of aliphatic hydroxyl groups is 1. The zero-order valence-electron chi connectivity index (χ0n) is 10.1. The van der Waals surface area contributed by atoms with Crippen LogP contribution in [0.15, 0.2) is 24.3 Å². The first kappa shape index (κ1) is 12.1. The van der Waals surface area contributed by atoms with Gasteiger partial charge in [-0.05, 0) is 29.9 Å². The second-order valence-corrected chi connectivity index (χ2v) is 4.91. The second-order valence-electron chi connectivity index (χ2n) is 4.91. The molecule has 2 N–H and O–H groups in total. The maximum atomic E-state index is 11.9. The smallest absolute Gasteiger partial charge is 0.223 e. The molecule has 1 amide bonds. The minimum atomic E-state index is 0.0679. The van der Waals surface area contributed by atoms with E-state index in [1.807, 2.05) is 19.1 Å². The molecule has 0 heterocycles. The van der Waals surface area contributed by atoms with Gasteiger partial charge in [0, 0.05) is 19.1 Å². The van der Waals surface area contributed by atoms with Gasteiger partial charge in [-0.25, -0.2) is 0 Å². The van der Waals surface area contributed by atoms with Crippen molar-refractivity contribution in [1.82, 2.24) is 5.32 Å². The number of fused-ring (bicyclic) bond motifs is 1. The SMILES string of the molecule is CC(CO)CNC(=O)C1Cc2ccccc2C1. The number of benzene rings is 1. The zero-order chi connectivity index (χ0) is 12.3. The van der Waals surface area contributed by atoms with Crippen LogP contribution in [-0.4, -0.2) is 24.2 Å². The van der Waals surface area contributed by atoms with Gasteiger partial charge in [-0.2, -0.15) is 0 Å². The summed E-state index contributed by atoms with van der Waals surface area (Å²) in [6.45, 7) is 2.59. The molecule has 1 aliphatic carbocycles. The van der Waals surface area contributed by atoms with E-state index in [2.05, 4.69) is 17.4 Å². The Hall–Kier alpha value is -1.35. The van der Waals surface area contributed by atoms with Gasteiger partial charge in [0.15, 0.2) is 0 Å². The van der Waals surface area contributed by atoms with Gasteiger partial charge < -0.3 is 10.4 Å². The van der Waals surface area contributed by atoms with Gasteiger partial charge in [-0.15, -0.1) is 0 Å². The van der Waals surface area contributed by atoms with Crippen molar-refractivity contribution >= 4 is 5.91 Å². The summed E-state index contributed by atoms with van der Waals surface area (Å²) in [5.74, 6) is 0.308. The lowest BCUT2D eigenvalue weighted by molar-refractivity contribution is -0.124. The molecule has 0 radical (unpaired) electrons. The average molecular weight is 233 g/mol. The third kappa shape index (κ3) is 2.86. The molecule has 1 atom stereocenters. The number of hydrogen-bond acceptors (Lipinski definition) is 2. The molecule has 1 aliphatic rings. The van der Waals surface area contributed by atoms with Crippen LogP contribution < -0.4 is 5.32 Å². The first-order valence-corrected chi connectivity index (χ1v) is 6.16. The molecule has 3 nitrogen and oxygen atoms in total. The highest BCUT2D eigenvalue weighted by Crippen LogP contribution is 2.26. The number of carbonyl (C=O) groups excluding carboxylic acids is 1. The van der Waals surface area contributed by atoms with Gasteiger partial charge >= 0.3 is 0 Å². The largest absolute Gasteiger partial charge is 0.396 e. The molecular weight excluding hydrogens is 214 g/mol. The molecule has 1 aromatic rings. The molecule has 3 heteroatoms.